The Balaban J connectivity index is 2.01. The van der Waals surface area contributed by atoms with Gasteiger partial charge in [0.15, 0.2) is 0 Å². The highest BCUT2D eigenvalue weighted by molar-refractivity contribution is 6.08. The van der Waals surface area contributed by atoms with Crippen molar-refractivity contribution in [1.82, 2.24) is 0 Å². The Morgan fingerprint density at radius 3 is 2.32 bits per heavy atom. The van der Waals surface area contributed by atoms with Crippen LogP contribution in [0.1, 0.15) is 77.6 Å². The lowest BCUT2D eigenvalue weighted by Crippen LogP contribution is -2.26. The summed E-state index contributed by atoms with van der Waals surface area (Å²) in [5, 5.41) is 2.90. The molecule has 37 heavy (non-hydrogen) atoms. The molecule has 0 unspecified atom stereocenters. The summed E-state index contributed by atoms with van der Waals surface area (Å²) in [6.45, 7) is 15.9. The molecule has 7 heteroatoms. The maximum atomic E-state index is 13.2. The number of fused-ring (bicyclic) bond motifs is 1. The van der Waals surface area contributed by atoms with Crippen LogP contribution in [0, 0.1) is 0 Å². The van der Waals surface area contributed by atoms with Crippen LogP contribution in [0.3, 0.4) is 0 Å². The molecule has 0 radical (unpaired) electrons. The average Bonchev–Trinajstić information content (AvgIpc) is 2.76. The number of hydrogen-bond acceptors (Lipinski definition) is 6. The molecule has 0 saturated carbocycles. The fourth-order valence-electron chi connectivity index (χ4n) is 4.32. The zero-order valence-electron chi connectivity index (χ0n) is 23.0. The number of carbonyl (C=O) groups is 3. The minimum absolute atomic E-state index is 0.0986. The van der Waals surface area contributed by atoms with Gasteiger partial charge in [0.1, 0.15) is 18.1 Å². The van der Waals surface area contributed by atoms with Crippen molar-refractivity contribution < 1.29 is 28.6 Å². The van der Waals surface area contributed by atoms with E-state index in [1.165, 1.54) is 6.92 Å². The summed E-state index contributed by atoms with van der Waals surface area (Å²) >= 11 is 0. The van der Waals surface area contributed by atoms with Crippen LogP contribution in [0.15, 0.2) is 35.9 Å². The molecular formula is C30H37NO6. The van der Waals surface area contributed by atoms with E-state index in [2.05, 4.69) is 26.1 Å². The highest BCUT2D eigenvalue weighted by Crippen LogP contribution is 2.47. The van der Waals surface area contributed by atoms with Gasteiger partial charge in [0.2, 0.25) is 0 Å². The van der Waals surface area contributed by atoms with Crippen molar-refractivity contribution in [3.05, 3.63) is 58.2 Å². The van der Waals surface area contributed by atoms with Crippen molar-refractivity contribution in [2.45, 2.75) is 72.6 Å². The van der Waals surface area contributed by atoms with E-state index in [0.29, 0.717) is 29.4 Å². The lowest BCUT2D eigenvalue weighted by atomic mass is 9.76. The number of benzene rings is 2. The van der Waals surface area contributed by atoms with Gasteiger partial charge in [0.25, 0.3) is 5.91 Å². The van der Waals surface area contributed by atoms with Gasteiger partial charge in [-0.1, -0.05) is 53.7 Å². The molecule has 1 aliphatic rings. The van der Waals surface area contributed by atoms with Crippen molar-refractivity contribution in [3.63, 3.8) is 0 Å². The minimum atomic E-state index is -0.406. The summed E-state index contributed by atoms with van der Waals surface area (Å²) in [6.07, 6.45) is 1.94. The van der Waals surface area contributed by atoms with E-state index in [-0.39, 0.29) is 30.3 Å². The number of hydrogen-bond donors (Lipinski definition) is 1. The summed E-state index contributed by atoms with van der Waals surface area (Å²) in [6, 6.07) is 9.02. The quantitative estimate of drug-likeness (QED) is 0.397. The van der Waals surface area contributed by atoms with Crippen LogP contribution < -0.4 is 14.8 Å². The zero-order valence-corrected chi connectivity index (χ0v) is 23.0. The molecule has 0 aromatic heterocycles. The maximum absolute atomic E-state index is 13.2. The van der Waals surface area contributed by atoms with Gasteiger partial charge < -0.3 is 19.5 Å². The molecular weight excluding hydrogens is 470 g/mol. The Morgan fingerprint density at radius 1 is 1.03 bits per heavy atom. The molecule has 0 saturated heterocycles. The van der Waals surface area contributed by atoms with Crippen LogP contribution in [-0.4, -0.2) is 31.1 Å². The standard InChI is InChI=1S/C30H37NO6/c1-9-35-25(33)14-19-11-10-12-21(13-19)31-28(34)20-15-22-24(36-17-20)16-23(29(3,4)5)27(37-18(2)32)26(22)30(6,7)8/h10-13,15-16H,9,14,17H2,1-8H3,(H,31,34). The Bertz CT molecular complexity index is 1240. The Hall–Kier alpha value is -3.61. The Morgan fingerprint density at radius 2 is 1.73 bits per heavy atom. The topological polar surface area (TPSA) is 90.9 Å². The lowest BCUT2D eigenvalue weighted by Gasteiger charge is -2.33. The maximum Gasteiger partial charge on any atom is 0.310 e. The molecule has 0 atom stereocenters. The van der Waals surface area contributed by atoms with Crippen molar-refractivity contribution >= 4 is 29.6 Å². The average molecular weight is 508 g/mol. The minimum Gasteiger partial charge on any atom is -0.488 e. The third-order valence-electron chi connectivity index (χ3n) is 5.92. The van der Waals surface area contributed by atoms with Gasteiger partial charge in [0, 0.05) is 29.3 Å². The third-order valence-corrected chi connectivity index (χ3v) is 5.92. The molecule has 198 valence electrons. The van der Waals surface area contributed by atoms with Crippen molar-refractivity contribution in [1.29, 1.82) is 0 Å². The van der Waals surface area contributed by atoms with Gasteiger partial charge in [-0.15, -0.1) is 0 Å². The molecule has 1 N–H and O–H groups in total. The fourth-order valence-corrected chi connectivity index (χ4v) is 4.32. The van der Waals surface area contributed by atoms with E-state index in [9.17, 15) is 14.4 Å². The third kappa shape index (κ3) is 6.79. The molecule has 0 spiro atoms. The largest absolute Gasteiger partial charge is 0.488 e. The lowest BCUT2D eigenvalue weighted by molar-refractivity contribution is -0.142. The molecule has 2 aromatic rings. The summed E-state index contributed by atoms with van der Waals surface area (Å²) in [7, 11) is 0. The van der Waals surface area contributed by atoms with Gasteiger partial charge in [-0.2, -0.15) is 0 Å². The van der Waals surface area contributed by atoms with Crippen LogP contribution in [0.2, 0.25) is 0 Å². The Labute approximate surface area is 219 Å². The van der Waals surface area contributed by atoms with Gasteiger partial charge in [-0.25, -0.2) is 0 Å². The number of carbonyl (C=O) groups excluding carboxylic acids is 3. The van der Waals surface area contributed by atoms with Gasteiger partial charge in [-0.05, 0) is 47.6 Å². The molecule has 7 nitrogen and oxygen atoms in total. The van der Waals surface area contributed by atoms with Crippen molar-refractivity contribution in [3.8, 4) is 11.5 Å². The molecule has 0 fully saturated rings. The second kappa shape index (κ2) is 10.8. The van der Waals surface area contributed by atoms with E-state index in [1.807, 2.05) is 39.0 Å². The second-order valence-electron chi connectivity index (χ2n) is 11.2. The molecule has 2 aromatic carbocycles. The first-order valence-electron chi connectivity index (χ1n) is 12.5. The normalized spacial score (nSPS) is 13.1. The molecule has 1 amide bonds. The number of ether oxygens (including phenoxy) is 3. The van der Waals surface area contributed by atoms with Crippen molar-refractivity contribution in [2.24, 2.45) is 0 Å². The monoisotopic (exact) mass is 507 g/mol. The highest BCUT2D eigenvalue weighted by atomic mass is 16.5. The zero-order chi connectivity index (χ0) is 27.5. The molecule has 0 aliphatic carbocycles. The highest BCUT2D eigenvalue weighted by Gasteiger charge is 2.34. The smallest absolute Gasteiger partial charge is 0.310 e. The first-order valence-corrected chi connectivity index (χ1v) is 12.5. The molecule has 3 rings (SSSR count). The summed E-state index contributed by atoms with van der Waals surface area (Å²) in [5.74, 6) is 0.127. The van der Waals surface area contributed by atoms with Crippen LogP contribution >= 0.6 is 0 Å². The number of nitrogens with one attached hydrogen (secondary N) is 1. The van der Waals surface area contributed by atoms with Crippen molar-refractivity contribution in [2.75, 3.05) is 18.5 Å². The van der Waals surface area contributed by atoms with Gasteiger partial charge >= 0.3 is 11.9 Å². The number of rotatable bonds is 6. The van der Waals surface area contributed by atoms with E-state index in [4.69, 9.17) is 14.2 Å². The summed E-state index contributed by atoms with van der Waals surface area (Å²) in [5.41, 5.74) is 3.44. The van der Waals surface area contributed by atoms with Crippen LogP contribution in [-0.2, 0) is 36.4 Å². The fraction of sp³-hybridized carbons (Fsp3) is 0.433. The second-order valence-corrected chi connectivity index (χ2v) is 11.2. The van der Waals surface area contributed by atoms with Crippen LogP contribution in [0.25, 0.3) is 6.08 Å². The summed E-state index contributed by atoms with van der Waals surface area (Å²) in [4.78, 5) is 37.1. The van der Waals surface area contributed by atoms with Crippen LogP contribution in [0.4, 0.5) is 5.69 Å². The summed E-state index contributed by atoms with van der Waals surface area (Å²) < 4.78 is 16.9. The SMILES string of the molecule is CCOC(=O)Cc1cccc(NC(=O)C2=Cc3c(cc(C(C)(C)C)c(OC(C)=O)c3C(C)(C)C)OC2)c1. The predicted molar refractivity (Wildman–Crippen MR) is 144 cm³/mol. The predicted octanol–water partition coefficient (Wildman–Crippen LogP) is 5.73. The van der Waals surface area contributed by atoms with Gasteiger partial charge in [0.05, 0.1) is 18.6 Å². The molecule has 1 heterocycles. The Kier molecular flexibility index (Phi) is 8.16. The number of anilines is 1. The van der Waals surface area contributed by atoms with E-state index in [0.717, 1.165) is 22.3 Å². The molecule has 1 aliphatic heterocycles. The number of amides is 1. The number of esters is 2. The van der Waals surface area contributed by atoms with E-state index < -0.39 is 11.4 Å². The van der Waals surface area contributed by atoms with E-state index in [1.54, 1.807) is 25.1 Å². The first-order chi connectivity index (χ1) is 17.2. The first kappa shape index (κ1) is 28.0. The van der Waals surface area contributed by atoms with Crippen LogP contribution in [0.5, 0.6) is 11.5 Å². The van der Waals surface area contributed by atoms with Gasteiger partial charge in [-0.3, -0.25) is 14.4 Å². The van der Waals surface area contributed by atoms with E-state index >= 15 is 0 Å². The molecule has 0 bridgehead atoms.